The van der Waals surface area contributed by atoms with E-state index in [0.717, 1.165) is 17.8 Å². The molecule has 0 amide bonds. The molecule has 2 saturated carbocycles. The Morgan fingerprint density at radius 2 is 1.89 bits per heavy atom. The van der Waals surface area contributed by atoms with Gasteiger partial charge in [0.1, 0.15) is 5.82 Å². The summed E-state index contributed by atoms with van der Waals surface area (Å²) in [6.07, 6.45) is 7.93. The summed E-state index contributed by atoms with van der Waals surface area (Å²) >= 11 is 1.63. The highest BCUT2D eigenvalue weighted by molar-refractivity contribution is 7.09. The van der Waals surface area contributed by atoms with Gasteiger partial charge in [-0.1, -0.05) is 0 Å². The third-order valence-electron chi connectivity index (χ3n) is 4.52. The third kappa shape index (κ3) is 2.77. The normalized spacial score (nSPS) is 24.6. The molecule has 0 radical (unpaired) electrons. The summed E-state index contributed by atoms with van der Waals surface area (Å²) in [5.41, 5.74) is 0. The van der Waals surface area contributed by atoms with E-state index in [1.54, 1.807) is 11.5 Å². The molecule has 1 aliphatic heterocycles. The fourth-order valence-corrected chi connectivity index (χ4v) is 3.79. The molecular weight excluding hydrogens is 256 g/mol. The second kappa shape index (κ2) is 5.02. The van der Waals surface area contributed by atoms with Crippen molar-refractivity contribution in [3.63, 3.8) is 0 Å². The van der Waals surface area contributed by atoms with E-state index < -0.39 is 0 Å². The average molecular weight is 278 g/mol. The van der Waals surface area contributed by atoms with Crippen molar-refractivity contribution in [2.75, 3.05) is 24.5 Å². The van der Waals surface area contributed by atoms with Gasteiger partial charge in [-0.25, -0.2) is 4.98 Å². The molecule has 0 atom stereocenters. The molecule has 1 saturated heterocycles. The molecule has 104 valence electrons. The van der Waals surface area contributed by atoms with Crippen molar-refractivity contribution in [1.82, 2.24) is 14.7 Å². The van der Waals surface area contributed by atoms with Crippen LogP contribution in [0.15, 0.2) is 0 Å². The molecule has 5 heteroatoms. The van der Waals surface area contributed by atoms with Crippen LogP contribution in [0.1, 0.15) is 50.3 Å². The first-order valence-electron chi connectivity index (χ1n) is 7.71. The Hall–Kier alpha value is -0.680. The Kier molecular flexibility index (Phi) is 3.19. The van der Waals surface area contributed by atoms with Gasteiger partial charge in [0.25, 0.3) is 0 Å². The van der Waals surface area contributed by atoms with Gasteiger partial charge in [0.15, 0.2) is 0 Å². The Balaban J connectivity index is 1.46. The zero-order valence-electron chi connectivity index (χ0n) is 11.3. The van der Waals surface area contributed by atoms with E-state index in [0.29, 0.717) is 5.92 Å². The van der Waals surface area contributed by atoms with E-state index in [2.05, 4.69) is 14.6 Å². The largest absolute Gasteiger partial charge is 0.344 e. The Labute approximate surface area is 118 Å². The molecule has 1 N–H and O–H groups in total. The van der Waals surface area contributed by atoms with E-state index in [-0.39, 0.29) is 0 Å². The lowest BCUT2D eigenvalue weighted by Crippen LogP contribution is -2.37. The molecule has 4 rings (SSSR count). The molecule has 0 spiro atoms. The van der Waals surface area contributed by atoms with Gasteiger partial charge in [-0.2, -0.15) is 4.37 Å². The minimum absolute atomic E-state index is 0.685. The predicted molar refractivity (Wildman–Crippen MR) is 77.8 cm³/mol. The van der Waals surface area contributed by atoms with Crippen LogP contribution in [0.25, 0.3) is 0 Å². The predicted octanol–water partition coefficient (Wildman–Crippen LogP) is 2.38. The van der Waals surface area contributed by atoms with E-state index >= 15 is 0 Å². The standard InChI is InChI=1S/C14H22N4S/c1-2-11(1)13-16-14(19-17-13)18(12-3-4-12)9-10-5-7-15-8-6-10/h10-12,15H,1-9H2. The van der Waals surface area contributed by atoms with Gasteiger partial charge in [-0.3, -0.25) is 0 Å². The van der Waals surface area contributed by atoms with Gasteiger partial charge in [0.2, 0.25) is 5.13 Å². The summed E-state index contributed by atoms with van der Waals surface area (Å²) < 4.78 is 4.58. The lowest BCUT2D eigenvalue weighted by Gasteiger charge is -2.29. The summed E-state index contributed by atoms with van der Waals surface area (Å²) in [6, 6.07) is 0.759. The molecule has 0 unspecified atom stereocenters. The maximum absolute atomic E-state index is 4.82. The van der Waals surface area contributed by atoms with Crippen molar-refractivity contribution in [2.45, 2.75) is 50.5 Å². The quantitative estimate of drug-likeness (QED) is 0.898. The number of anilines is 1. The molecular formula is C14H22N4S. The lowest BCUT2D eigenvalue weighted by molar-refractivity contribution is 0.372. The fourth-order valence-electron chi connectivity index (χ4n) is 2.96. The minimum Gasteiger partial charge on any atom is -0.344 e. The molecule has 19 heavy (non-hydrogen) atoms. The zero-order valence-corrected chi connectivity index (χ0v) is 12.2. The van der Waals surface area contributed by atoms with Crippen LogP contribution in [0.3, 0.4) is 0 Å². The molecule has 3 aliphatic rings. The van der Waals surface area contributed by atoms with Crippen molar-refractivity contribution in [1.29, 1.82) is 0 Å². The third-order valence-corrected chi connectivity index (χ3v) is 5.29. The SMILES string of the molecule is C1CC(CN(c2nc(C3CC3)ns2)C2CC2)CCN1. The molecule has 1 aromatic heterocycles. The summed E-state index contributed by atoms with van der Waals surface area (Å²) in [6.45, 7) is 3.57. The second-order valence-corrected chi connectivity index (χ2v) is 7.02. The molecule has 1 aromatic rings. The highest BCUT2D eigenvalue weighted by Gasteiger charge is 2.34. The monoisotopic (exact) mass is 278 g/mol. The van der Waals surface area contributed by atoms with Crippen LogP contribution in [-0.4, -0.2) is 35.0 Å². The Morgan fingerprint density at radius 3 is 2.58 bits per heavy atom. The van der Waals surface area contributed by atoms with E-state index in [1.807, 2.05) is 0 Å². The van der Waals surface area contributed by atoms with E-state index in [9.17, 15) is 0 Å². The van der Waals surface area contributed by atoms with E-state index in [1.165, 1.54) is 63.3 Å². The number of hydrogen-bond donors (Lipinski definition) is 1. The molecule has 2 aliphatic carbocycles. The lowest BCUT2D eigenvalue weighted by atomic mass is 9.97. The Bertz CT molecular complexity index is 432. The fraction of sp³-hybridized carbons (Fsp3) is 0.857. The molecule has 4 nitrogen and oxygen atoms in total. The van der Waals surface area contributed by atoms with Gasteiger partial charge in [0, 0.05) is 30.0 Å². The second-order valence-electron chi connectivity index (χ2n) is 6.29. The summed E-state index contributed by atoms with van der Waals surface area (Å²) in [7, 11) is 0. The van der Waals surface area contributed by atoms with E-state index in [4.69, 9.17) is 4.98 Å². The van der Waals surface area contributed by atoms with Gasteiger partial charge >= 0.3 is 0 Å². The molecule has 3 fully saturated rings. The van der Waals surface area contributed by atoms with Crippen LogP contribution < -0.4 is 10.2 Å². The number of nitrogens with zero attached hydrogens (tertiary/aromatic N) is 3. The zero-order chi connectivity index (χ0) is 12.7. The Morgan fingerprint density at radius 1 is 1.11 bits per heavy atom. The van der Waals surface area contributed by atoms with Crippen LogP contribution >= 0.6 is 11.5 Å². The molecule has 2 heterocycles. The smallest absolute Gasteiger partial charge is 0.205 e. The molecule has 0 aromatic carbocycles. The van der Waals surface area contributed by atoms with Crippen LogP contribution in [0.2, 0.25) is 0 Å². The van der Waals surface area contributed by atoms with Crippen LogP contribution in [0, 0.1) is 5.92 Å². The number of aromatic nitrogens is 2. The topological polar surface area (TPSA) is 41.1 Å². The van der Waals surface area contributed by atoms with Crippen molar-refractivity contribution >= 4 is 16.7 Å². The summed E-state index contributed by atoms with van der Waals surface area (Å²) in [4.78, 5) is 7.39. The molecule has 0 bridgehead atoms. The van der Waals surface area contributed by atoms with Crippen LogP contribution in [-0.2, 0) is 0 Å². The van der Waals surface area contributed by atoms with Crippen molar-refractivity contribution in [2.24, 2.45) is 5.92 Å². The highest BCUT2D eigenvalue weighted by Crippen LogP contribution is 2.41. The number of nitrogens with one attached hydrogen (secondary N) is 1. The van der Waals surface area contributed by atoms with Gasteiger partial charge in [-0.15, -0.1) is 0 Å². The first-order chi connectivity index (χ1) is 9.40. The first kappa shape index (κ1) is 12.1. The summed E-state index contributed by atoms with van der Waals surface area (Å²) in [5.74, 6) is 2.65. The number of rotatable bonds is 5. The summed E-state index contributed by atoms with van der Waals surface area (Å²) in [5, 5.41) is 4.65. The van der Waals surface area contributed by atoms with Gasteiger partial charge < -0.3 is 10.2 Å². The number of hydrogen-bond acceptors (Lipinski definition) is 5. The van der Waals surface area contributed by atoms with Crippen molar-refractivity contribution in [3.8, 4) is 0 Å². The first-order valence-corrected chi connectivity index (χ1v) is 8.48. The highest BCUT2D eigenvalue weighted by atomic mass is 32.1. The van der Waals surface area contributed by atoms with Crippen molar-refractivity contribution in [3.05, 3.63) is 5.82 Å². The van der Waals surface area contributed by atoms with Crippen LogP contribution in [0.5, 0.6) is 0 Å². The average Bonchev–Trinajstić information content (AvgIpc) is 3.36. The van der Waals surface area contributed by atoms with Crippen LogP contribution in [0.4, 0.5) is 5.13 Å². The minimum atomic E-state index is 0.685. The maximum Gasteiger partial charge on any atom is 0.205 e. The van der Waals surface area contributed by atoms with Gasteiger partial charge in [-0.05, 0) is 57.5 Å². The van der Waals surface area contributed by atoms with Crippen molar-refractivity contribution < 1.29 is 0 Å². The number of piperidine rings is 1. The maximum atomic E-state index is 4.82. The van der Waals surface area contributed by atoms with Gasteiger partial charge in [0.05, 0.1) is 0 Å².